The highest BCUT2D eigenvalue weighted by molar-refractivity contribution is 4.85. The third kappa shape index (κ3) is 3.28. The molecule has 3 nitrogen and oxygen atoms in total. The molecule has 0 saturated heterocycles. The van der Waals surface area contributed by atoms with Crippen LogP contribution in [0.4, 0.5) is 0 Å². The molecule has 3 unspecified atom stereocenters. The molecular weight excluding hydrogens is 176 g/mol. The number of nitriles is 1. The molecule has 14 heavy (non-hydrogen) atoms. The van der Waals surface area contributed by atoms with Gasteiger partial charge in [-0.25, -0.2) is 0 Å². The molecule has 0 aliphatic heterocycles. The van der Waals surface area contributed by atoms with Crippen LogP contribution in [0.25, 0.3) is 0 Å². The molecule has 1 aliphatic rings. The Morgan fingerprint density at radius 2 is 2.21 bits per heavy atom. The van der Waals surface area contributed by atoms with Crippen LogP contribution in [0.3, 0.4) is 0 Å². The highest BCUT2D eigenvalue weighted by atomic mass is 16.3. The maximum absolute atomic E-state index is 9.18. The monoisotopic (exact) mass is 196 g/mol. The maximum Gasteiger partial charge on any atom is 0.0666 e. The maximum atomic E-state index is 9.18. The van der Waals surface area contributed by atoms with Crippen molar-refractivity contribution in [1.82, 2.24) is 5.32 Å². The summed E-state index contributed by atoms with van der Waals surface area (Å²) < 4.78 is 0. The molecule has 80 valence electrons. The molecule has 0 aromatic rings. The number of nitrogens with one attached hydrogen (secondary N) is 1. The van der Waals surface area contributed by atoms with Crippen molar-refractivity contribution in [2.24, 2.45) is 11.8 Å². The quantitative estimate of drug-likeness (QED) is 0.712. The third-order valence-electron chi connectivity index (χ3n) is 3.05. The Morgan fingerprint density at radius 1 is 1.50 bits per heavy atom. The van der Waals surface area contributed by atoms with Gasteiger partial charge in [-0.3, -0.25) is 0 Å². The van der Waals surface area contributed by atoms with Crippen molar-refractivity contribution >= 4 is 0 Å². The minimum absolute atomic E-state index is 0.0660. The number of hydrogen-bond acceptors (Lipinski definition) is 3. The van der Waals surface area contributed by atoms with Crippen LogP contribution >= 0.6 is 0 Å². The third-order valence-corrected chi connectivity index (χ3v) is 3.05. The average molecular weight is 196 g/mol. The van der Waals surface area contributed by atoms with Gasteiger partial charge in [0.25, 0.3) is 0 Å². The minimum Gasteiger partial charge on any atom is -0.396 e. The second-order valence-corrected chi connectivity index (χ2v) is 4.27. The summed E-state index contributed by atoms with van der Waals surface area (Å²) in [6.07, 6.45) is 4.74. The van der Waals surface area contributed by atoms with Crippen LogP contribution in [0.15, 0.2) is 0 Å². The van der Waals surface area contributed by atoms with Crippen LogP contribution in [-0.4, -0.2) is 24.3 Å². The summed E-state index contributed by atoms with van der Waals surface area (Å²) in [5.41, 5.74) is 0. The zero-order chi connectivity index (χ0) is 10.4. The Morgan fingerprint density at radius 3 is 2.86 bits per heavy atom. The van der Waals surface area contributed by atoms with Gasteiger partial charge in [0.05, 0.1) is 12.0 Å². The topological polar surface area (TPSA) is 56.0 Å². The molecule has 0 bridgehead atoms. The Labute approximate surface area is 86.1 Å². The largest absolute Gasteiger partial charge is 0.396 e. The van der Waals surface area contributed by atoms with Crippen molar-refractivity contribution in [3.63, 3.8) is 0 Å². The zero-order valence-electron chi connectivity index (χ0n) is 8.87. The SMILES string of the molecule is CC(C#N)CNC1CCCCC1CO. The van der Waals surface area contributed by atoms with Crippen molar-refractivity contribution in [2.45, 2.75) is 38.6 Å². The van der Waals surface area contributed by atoms with Crippen LogP contribution in [0.1, 0.15) is 32.6 Å². The van der Waals surface area contributed by atoms with Gasteiger partial charge < -0.3 is 10.4 Å². The van der Waals surface area contributed by atoms with Crippen molar-refractivity contribution in [2.75, 3.05) is 13.2 Å². The zero-order valence-corrected chi connectivity index (χ0v) is 8.87. The Bertz CT molecular complexity index is 200. The first kappa shape index (κ1) is 11.5. The predicted octanol–water partition coefficient (Wildman–Crippen LogP) is 1.29. The lowest BCUT2D eigenvalue weighted by atomic mass is 9.85. The summed E-state index contributed by atoms with van der Waals surface area (Å²) in [7, 11) is 0. The number of aliphatic hydroxyl groups is 1. The molecule has 0 radical (unpaired) electrons. The van der Waals surface area contributed by atoms with Gasteiger partial charge >= 0.3 is 0 Å². The first-order valence-corrected chi connectivity index (χ1v) is 5.51. The average Bonchev–Trinajstić information content (AvgIpc) is 2.26. The van der Waals surface area contributed by atoms with Gasteiger partial charge in [0.2, 0.25) is 0 Å². The fourth-order valence-electron chi connectivity index (χ4n) is 2.07. The van der Waals surface area contributed by atoms with E-state index in [2.05, 4.69) is 11.4 Å². The summed E-state index contributed by atoms with van der Waals surface area (Å²) in [6.45, 7) is 2.94. The highest BCUT2D eigenvalue weighted by Crippen LogP contribution is 2.23. The molecule has 2 N–H and O–H groups in total. The molecule has 0 heterocycles. The summed E-state index contributed by atoms with van der Waals surface area (Å²) in [6, 6.07) is 2.63. The predicted molar refractivity (Wildman–Crippen MR) is 55.6 cm³/mol. The van der Waals surface area contributed by atoms with E-state index in [0.29, 0.717) is 12.0 Å². The van der Waals surface area contributed by atoms with Crippen LogP contribution in [0.2, 0.25) is 0 Å². The van der Waals surface area contributed by atoms with E-state index in [9.17, 15) is 5.11 Å². The van der Waals surface area contributed by atoms with Crippen molar-refractivity contribution in [3.8, 4) is 6.07 Å². The number of nitrogens with zero attached hydrogens (tertiary/aromatic N) is 1. The Kier molecular flexibility index (Phi) is 4.92. The van der Waals surface area contributed by atoms with E-state index in [-0.39, 0.29) is 12.5 Å². The van der Waals surface area contributed by atoms with Crippen molar-refractivity contribution in [3.05, 3.63) is 0 Å². The van der Waals surface area contributed by atoms with E-state index in [4.69, 9.17) is 5.26 Å². The van der Waals surface area contributed by atoms with E-state index in [1.165, 1.54) is 12.8 Å². The summed E-state index contributed by atoms with van der Waals surface area (Å²) in [4.78, 5) is 0. The molecular formula is C11H20N2O. The van der Waals surface area contributed by atoms with E-state index >= 15 is 0 Å². The first-order valence-electron chi connectivity index (χ1n) is 5.51. The van der Waals surface area contributed by atoms with E-state index in [0.717, 1.165) is 19.4 Å². The Balaban J connectivity index is 2.30. The molecule has 1 fully saturated rings. The molecule has 3 heteroatoms. The lowest BCUT2D eigenvalue weighted by molar-refractivity contribution is 0.152. The lowest BCUT2D eigenvalue weighted by Gasteiger charge is -2.31. The summed E-state index contributed by atoms with van der Waals surface area (Å²) >= 11 is 0. The fourth-order valence-corrected chi connectivity index (χ4v) is 2.07. The molecule has 1 aliphatic carbocycles. The molecule has 0 amide bonds. The fraction of sp³-hybridized carbons (Fsp3) is 0.909. The van der Waals surface area contributed by atoms with Crippen LogP contribution in [0, 0.1) is 23.2 Å². The second kappa shape index (κ2) is 6.00. The van der Waals surface area contributed by atoms with Crippen molar-refractivity contribution in [1.29, 1.82) is 5.26 Å². The van der Waals surface area contributed by atoms with Crippen LogP contribution in [-0.2, 0) is 0 Å². The number of hydrogen-bond donors (Lipinski definition) is 2. The van der Waals surface area contributed by atoms with Gasteiger partial charge in [0.15, 0.2) is 0 Å². The lowest BCUT2D eigenvalue weighted by Crippen LogP contribution is -2.41. The van der Waals surface area contributed by atoms with E-state index in [1.807, 2.05) is 6.92 Å². The molecule has 0 aromatic heterocycles. The smallest absolute Gasteiger partial charge is 0.0666 e. The summed E-state index contributed by atoms with van der Waals surface area (Å²) in [5.74, 6) is 0.464. The molecule has 1 saturated carbocycles. The van der Waals surface area contributed by atoms with Crippen LogP contribution in [0.5, 0.6) is 0 Å². The molecule has 3 atom stereocenters. The van der Waals surface area contributed by atoms with Gasteiger partial charge in [0.1, 0.15) is 0 Å². The van der Waals surface area contributed by atoms with Gasteiger partial charge in [0, 0.05) is 19.2 Å². The minimum atomic E-state index is 0.0660. The van der Waals surface area contributed by atoms with Gasteiger partial charge in [-0.2, -0.15) is 5.26 Å². The summed E-state index contributed by atoms with van der Waals surface area (Å²) in [5, 5.41) is 21.2. The van der Waals surface area contributed by atoms with Gasteiger partial charge in [-0.05, 0) is 25.7 Å². The molecule has 1 rings (SSSR count). The number of rotatable bonds is 4. The Hall–Kier alpha value is -0.590. The highest BCUT2D eigenvalue weighted by Gasteiger charge is 2.23. The normalized spacial score (nSPS) is 29.5. The first-order chi connectivity index (χ1) is 6.77. The second-order valence-electron chi connectivity index (χ2n) is 4.27. The van der Waals surface area contributed by atoms with Gasteiger partial charge in [-0.1, -0.05) is 12.8 Å². The molecule has 0 spiro atoms. The van der Waals surface area contributed by atoms with Crippen molar-refractivity contribution < 1.29 is 5.11 Å². The van der Waals surface area contributed by atoms with E-state index < -0.39 is 0 Å². The van der Waals surface area contributed by atoms with Crippen LogP contribution < -0.4 is 5.32 Å². The van der Waals surface area contributed by atoms with Gasteiger partial charge in [-0.15, -0.1) is 0 Å². The van der Waals surface area contributed by atoms with E-state index in [1.54, 1.807) is 0 Å². The molecule has 0 aromatic carbocycles. The standard InChI is InChI=1S/C11H20N2O/c1-9(6-12)7-13-11-5-3-2-4-10(11)8-14/h9-11,13-14H,2-5,7-8H2,1H3. The number of aliphatic hydroxyl groups excluding tert-OH is 1.